The third-order valence-electron chi connectivity index (χ3n) is 3.04. The van der Waals surface area contributed by atoms with Gasteiger partial charge in [-0.2, -0.15) is 0 Å². The molecule has 1 saturated heterocycles. The van der Waals surface area contributed by atoms with E-state index in [-0.39, 0.29) is 4.94 Å². The van der Waals surface area contributed by atoms with Crippen molar-refractivity contribution in [1.29, 1.82) is 0 Å². The summed E-state index contributed by atoms with van der Waals surface area (Å²) in [5.74, 6) is 0. The topological polar surface area (TPSA) is 45.5 Å². The summed E-state index contributed by atoms with van der Waals surface area (Å²) in [6.45, 7) is 5.02. The van der Waals surface area contributed by atoms with Gasteiger partial charge in [-0.05, 0) is 6.07 Å². The maximum atomic E-state index is 11.3. The predicted molar refractivity (Wildman–Crippen MR) is 68.5 cm³/mol. The van der Waals surface area contributed by atoms with E-state index in [4.69, 9.17) is 4.42 Å². The molecule has 0 saturated carbocycles. The Morgan fingerprint density at radius 1 is 1.35 bits per heavy atom. The van der Waals surface area contributed by atoms with Gasteiger partial charge in [-0.15, -0.1) is 0 Å². The van der Waals surface area contributed by atoms with Crippen molar-refractivity contribution in [2.24, 2.45) is 0 Å². The summed E-state index contributed by atoms with van der Waals surface area (Å²) in [4.78, 5) is 13.4. The molecule has 1 N–H and O–H groups in total. The maximum Gasteiger partial charge on any atom is 0.396 e. The van der Waals surface area contributed by atoms with Gasteiger partial charge in [0.15, 0.2) is 5.58 Å². The van der Waals surface area contributed by atoms with Crippen LogP contribution in [0.5, 0.6) is 0 Å². The average Bonchev–Trinajstić information content (AvgIpc) is 2.72. The molecule has 1 aromatic carbocycles. The lowest BCUT2D eigenvalue weighted by Gasteiger charge is -2.27. The van der Waals surface area contributed by atoms with Crippen LogP contribution in [0.4, 0.5) is 0 Å². The van der Waals surface area contributed by atoms with Crippen LogP contribution in [0, 0.1) is 0 Å². The summed E-state index contributed by atoms with van der Waals surface area (Å²) in [6, 6.07) is 5.97. The van der Waals surface area contributed by atoms with Crippen molar-refractivity contribution in [3.05, 3.63) is 33.5 Å². The summed E-state index contributed by atoms with van der Waals surface area (Å²) in [6.07, 6.45) is 0. The van der Waals surface area contributed by atoms with Crippen molar-refractivity contribution >= 4 is 21.6 Å². The van der Waals surface area contributed by atoms with Gasteiger partial charge in [-0.25, -0.2) is 4.79 Å². The molecular weight excluding hydrogens is 236 g/mol. The maximum absolute atomic E-state index is 11.3. The number of rotatable bonds is 2. The van der Waals surface area contributed by atoms with Crippen LogP contribution in [0.1, 0.15) is 5.56 Å². The van der Waals surface area contributed by atoms with Crippen molar-refractivity contribution in [2.75, 3.05) is 26.2 Å². The number of hydrogen-bond donors (Lipinski definition) is 1. The SMILES string of the molecule is O=c1oc2c(CN3CCNCC3)cccc2s1. The minimum absolute atomic E-state index is 0.215. The largest absolute Gasteiger partial charge is 0.414 e. The lowest BCUT2D eigenvalue weighted by atomic mass is 10.2. The predicted octanol–water partition coefficient (Wildman–Crippen LogP) is 1.26. The Bertz CT molecular complexity index is 569. The van der Waals surface area contributed by atoms with Crippen LogP contribution in [-0.4, -0.2) is 31.1 Å². The molecule has 0 bridgehead atoms. The Morgan fingerprint density at radius 3 is 3.00 bits per heavy atom. The third kappa shape index (κ3) is 2.26. The van der Waals surface area contributed by atoms with Gasteiger partial charge in [0.2, 0.25) is 0 Å². The minimum atomic E-state index is -0.215. The second kappa shape index (κ2) is 4.60. The van der Waals surface area contributed by atoms with E-state index >= 15 is 0 Å². The van der Waals surface area contributed by atoms with Gasteiger partial charge in [-0.1, -0.05) is 23.5 Å². The van der Waals surface area contributed by atoms with Crippen LogP contribution in [0.15, 0.2) is 27.4 Å². The Labute approximate surface area is 103 Å². The quantitative estimate of drug-likeness (QED) is 0.871. The summed E-state index contributed by atoms with van der Waals surface area (Å²) < 4.78 is 6.21. The van der Waals surface area contributed by atoms with Crippen LogP contribution in [-0.2, 0) is 6.54 Å². The molecule has 4 nitrogen and oxygen atoms in total. The Morgan fingerprint density at radius 2 is 2.18 bits per heavy atom. The van der Waals surface area contributed by atoms with E-state index in [9.17, 15) is 4.79 Å². The van der Waals surface area contributed by atoms with Crippen molar-refractivity contribution in [1.82, 2.24) is 10.2 Å². The minimum Gasteiger partial charge on any atom is -0.414 e. The molecule has 0 spiro atoms. The highest BCUT2D eigenvalue weighted by Crippen LogP contribution is 2.22. The number of benzene rings is 1. The van der Waals surface area contributed by atoms with Gasteiger partial charge in [0.1, 0.15) is 0 Å². The number of nitrogens with zero attached hydrogens (tertiary/aromatic N) is 1. The van der Waals surface area contributed by atoms with Gasteiger partial charge in [0.05, 0.1) is 4.70 Å². The Balaban J connectivity index is 1.91. The lowest BCUT2D eigenvalue weighted by Crippen LogP contribution is -2.42. The van der Waals surface area contributed by atoms with E-state index in [1.807, 2.05) is 18.2 Å². The fraction of sp³-hybridized carbons (Fsp3) is 0.417. The summed E-state index contributed by atoms with van der Waals surface area (Å²) >= 11 is 1.18. The molecule has 17 heavy (non-hydrogen) atoms. The lowest BCUT2D eigenvalue weighted by molar-refractivity contribution is 0.233. The van der Waals surface area contributed by atoms with Crippen LogP contribution >= 0.6 is 11.3 Å². The molecule has 2 aromatic rings. The summed E-state index contributed by atoms with van der Waals surface area (Å²) in [7, 11) is 0. The molecule has 1 aromatic heterocycles. The van der Waals surface area contributed by atoms with E-state index in [2.05, 4.69) is 10.2 Å². The molecule has 3 rings (SSSR count). The molecular formula is C12H14N2O2S. The smallest absolute Gasteiger partial charge is 0.396 e. The number of fused-ring (bicyclic) bond motifs is 1. The highest BCUT2D eigenvalue weighted by atomic mass is 32.1. The van der Waals surface area contributed by atoms with Gasteiger partial charge in [0.25, 0.3) is 0 Å². The summed E-state index contributed by atoms with van der Waals surface area (Å²) in [5, 5.41) is 3.33. The number of para-hydroxylation sites is 1. The number of nitrogens with one attached hydrogen (secondary N) is 1. The fourth-order valence-electron chi connectivity index (χ4n) is 2.19. The zero-order chi connectivity index (χ0) is 11.7. The van der Waals surface area contributed by atoms with E-state index in [1.165, 1.54) is 11.3 Å². The first-order chi connectivity index (χ1) is 8.33. The van der Waals surface area contributed by atoms with Crippen LogP contribution < -0.4 is 10.3 Å². The molecule has 2 heterocycles. The van der Waals surface area contributed by atoms with Gasteiger partial charge >= 0.3 is 4.94 Å². The zero-order valence-corrected chi connectivity index (χ0v) is 10.3. The molecule has 1 fully saturated rings. The molecule has 90 valence electrons. The fourth-order valence-corrected chi connectivity index (χ4v) is 2.90. The molecule has 1 aliphatic heterocycles. The highest BCUT2D eigenvalue weighted by Gasteiger charge is 2.13. The van der Waals surface area contributed by atoms with Crippen molar-refractivity contribution in [3.63, 3.8) is 0 Å². The highest BCUT2D eigenvalue weighted by molar-refractivity contribution is 7.16. The number of hydrogen-bond acceptors (Lipinski definition) is 5. The number of piperazine rings is 1. The monoisotopic (exact) mass is 250 g/mol. The second-order valence-corrected chi connectivity index (χ2v) is 5.20. The van der Waals surface area contributed by atoms with E-state index in [0.29, 0.717) is 0 Å². The Hall–Kier alpha value is -1.17. The van der Waals surface area contributed by atoms with Crippen molar-refractivity contribution < 1.29 is 4.42 Å². The average molecular weight is 250 g/mol. The molecule has 0 aliphatic carbocycles. The standard InChI is InChI=1S/C12H14N2O2S/c15-12-16-11-9(2-1-3-10(11)17-12)8-14-6-4-13-5-7-14/h1-3,13H,4-8H2. The van der Waals surface area contributed by atoms with E-state index < -0.39 is 0 Å². The summed E-state index contributed by atoms with van der Waals surface area (Å²) in [5.41, 5.74) is 1.88. The van der Waals surface area contributed by atoms with Gasteiger partial charge in [0, 0.05) is 38.3 Å². The van der Waals surface area contributed by atoms with E-state index in [0.717, 1.165) is 48.6 Å². The molecule has 0 unspecified atom stereocenters. The van der Waals surface area contributed by atoms with Gasteiger partial charge in [-0.3, -0.25) is 4.90 Å². The van der Waals surface area contributed by atoms with Gasteiger partial charge < -0.3 is 9.73 Å². The zero-order valence-electron chi connectivity index (χ0n) is 9.44. The first-order valence-electron chi connectivity index (χ1n) is 5.77. The second-order valence-electron chi connectivity index (χ2n) is 4.22. The Kier molecular flexibility index (Phi) is 2.96. The first kappa shape index (κ1) is 11.0. The van der Waals surface area contributed by atoms with Crippen molar-refractivity contribution in [2.45, 2.75) is 6.54 Å². The normalized spacial score (nSPS) is 17.6. The van der Waals surface area contributed by atoms with E-state index in [1.54, 1.807) is 0 Å². The first-order valence-corrected chi connectivity index (χ1v) is 6.59. The van der Waals surface area contributed by atoms with Crippen LogP contribution in [0.3, 0.4) is 0 Å². The molecule has 0 radical (unpaired) electrons. The van der Waals surface area contributed by atoms with Crippen LogP contribution in [0.25, 0.3) is 10.3 Å². The van der Waals surface area contributed by atoms with Crippen molar-refractivity contribution in [3.8, 4) is 0 Å². The molecule has 5 heteroatoms. The third-order valence-corrected chi connectivity index (χ3v) is 3.83. The molecule has 0 amide bonds. The van der Waals surface area contributed by atoms with Crippen LogP contribution in [0.2, 0.25) is 0 Å². The molecule has 1 aliphatic rings. The molecule has 0 atom stereocenters.